The fourth-order valence-electron chi connectivity index (χ4n) is 3.28. The highest BCUT2D eigenvalue weighted by Gasteiger charge is 2.20. The Hall–Kier alpha value is -3.65. The average molecular weight is 478 g/mol. The van der Waals surface area contributed by atoms with Crippen molar-refractivity contribution in [1.29, 1.82) is 0 Å². The molecule has 0 aliphatic rings. The third kappa shape index (κ3) is 6.45. The van der Waals surface area contributed by atoms with E-state index in [1.54, 1.807) is 24.0 Å². The lowest BCUT2D eigenvalue weighted by Gasteiger charge is -2.23. The average Bonchev–Trinajstić information content (AvgIpc) is 3.34. The molecule has 0 unspecified atom stereocenters. The summed E-state index contributed by atoms with van der Waals surface area (Å²) in [5.41, 5.74) is 2.10. The Kier molecular flexibility index (Phi) is 7.93. The van der Waals surface area contributed by atoms with Crippen molar-refractivity contribution in [3.05, 3.63) is 108 Å². The van der Waals surface area contributed by atoms with Gasteiger partial charge in [0.25, 0.3) is 11.1 Å². The number of rotatable bonds is 10. The van der Waals surface area contributed by atoms with E-state index in [0.29, 0.717) is 13.1 Å². The maximum atomic E-state index is 13.8. The van der Waals surface area contributed by atoms with Crippen molar-refractivity contribution in [2.24, 2.45) is 0 Å². The van der Waals surface area contributed by atoms with Crippen LogP contribution in [-0.4, -0.2) is 26.8 Å². The molecule has 1 atom stereocenters. The van der Waals surface area contributed by atoms with Gasteiger partial charge in [-0.3, -0.25) is 4.79 Å². The maximum Gasteiger partial charge on any atom is 0.277 e. The normalized spacial score (nSPS) is 11.7. The molecule has 0 fully saturated rings. The number of hydrogen-bond acceptors (Lipinski definition) is 6. The van der Waals surface area contributed by atoms with Crippen molar-refractivity contribution < 1.29 is 18.3 Å². The van der Waals surface area contributed by atoms with Crippen LogP contribution in [0.1, 0.15) is 30.0 Å². The number of para-hydroxylation sites is 1. The van der Waals surface area contributed by atoms with Gasteiger partial charge in [0.2, 0.25) is 5.91 Å². The van der Waals surface area contributed by atoms with Gasteiger partial charge >= 0.3 is 0 Å². The zero-order valence-corrected chi connectivity index (χ0v) is 19.5. The first kappa shape index (κ1) is 23.5. The molecule has 0 aliphatic carbocycles. The van der Waals surface area contributed by atoms with E-state index < -0.39 is 11.9 Å². The van der Waals surface area contributed by atoms with E-state index in [1.165, 1.54) is 12.1 Å². The number of nitrogens with zero attached hydrogens (tertiary/aromatic N) is 3. The third-order valence-electron chi connectivity index (χ3n) is 5.01. The number of hydrogen-bond donors (Lipinski definition) is 0. The predicted molar refractivity (Wildman–Crippen MR) is 128 cm³/mol. The SMILES string of the molecule is C[C@H](Oc1ccccc1F)c1nnc(SCC(=O)N(Cc2ccccc2)Cc2ccccc2)o1. The van der Waals surface area contributed by atoms with E-state index in [1.807, 2.05) is 60.7 Å². The Morgan fingerprint density at radius 1 is 0.941 bits per heavy atom. The standard InChI is InChI=1S/C26H24FN3O3S/c1-19(32-23-15-9-8-14-22(23)27)25-28-29-26(33-25)34-18-24(31)30(16-20-10-4-2-5-11-20)17-21-12-6-3-7-13-21/h2-15,19H,16-18H2,1H3/t19-/m0/s1. The second-order valence-corrected chi connectivity index (χ2v) is 8.53. The third-order valence-corrected chi connectivity index (χ3v) is 5.82. The molecule has 0 spiro atoms. The van der Waals surface area contributed by atoms with Gasteiger partial charge in [0, 0.05) is 13.1 Å². The number of amides is 1. The first-order valence-corrected chi connectivity index (χ1v) is 11.8. The summed E-state index contributed by atoms with van der Waals surface area (Å²) in [6, 6.07) is 25.9. The fourth-order valence-corrected chi connectivity index (χ4v) is 3.95. The molecule has 1 amide bonds. The second kappa shape index (κ2) is 11.5. The van der Waals surface area contributed by atoms with Crippen molar-refractivity contribution in [2.45, 2.75) is 31.3 Å². The van der Waals surface area contributed by atoms with Gasteiger partial charge in [-0.2, -0.15) is 0 Å². The Labute approximate surface area is 201 Å². The van der Waals surface area contributed by atoms with Crippen LogP contribution in [0.2, 0.25) is 0 Å². The topological polar surface area (TPSA) is 68.5 Å². The van der Waals surface area contributed by atoms with E-state index >= 15 is 0 Å². The van der Waals surface area contributed by atoms with Crippen LogP contribution in [0.4, 0.5) is 4.39 Å². The van der Waals surface area contributed by atoms with Gasteiger partial charge in [0.05, 0.1) is 5.75 Å². The quantitative estimate of drug-likeness (QED) is 0.274. The van der Waals surface area contributed by atoms with Crippen LogP contribution in [-0.2, 0) is 17.9 Å². The van der Waals surface area contributed by atoms with Gasteiger partial charge in [0.15, 0.2) is 17.7 Å². The summed E-state index contributed by atoms with van der Waals surface area (Å²) in [7, 11) is 0. The smallest absolute Gasteiger partial charge is 0.277 e. The molecular weight excluding hydrogens is 453 g/mol. The Morgan fingerprint density at radius 2 is 1.53 bits per heavy atom. The van der Waals surface area contributed by atoms with Crippen LogP contribution in [0.5, 0.6) is 5.75 Å². The van der Waals surface area contributed by atoms with Gasteiger partial charge < -0.3 is 14.1 Å². The summed E-state index contributed by atoms with van der Waals surface area (Å²) >= 11 is 1.16. The molecular formula is C26H24FN3O3S. The van der Waals surface area contributed by atoms with Crippen molar-refractivity contribution >= 4 is 17.7 Å². The fraction of sp³-hybridized carbons (Fsp3) is 0.192. The molecule has 0 bridgehead atoms. The minimum Gasteiger partial charge on any atom is -0.478 e. The van der Waals surface area contributed by atoms with E-state index in [9.17, 15) is 9.18 Å². The van der Waals surface area contributed by atoms with E-state index in [4.69, 9.17) is 9.15 Å². The van der Waals surface area contributed by atoms with Crippen LogP contribution in [0, 0.1) is 5.82 Å². The lowest BCUT2D eigenvalue weighted by molar-refractivity contribution is -0.129. The largest absolute Gasteiger partial charge is 0.478 e. The molecule has 3 aromatic carbocycles. The molecule has 4 aromatic rings. The number of halogens is 1. The molecule has 0 saturated heterocycles. The van der Waals surface area contributed by atoms with Crippen LogP contribution in [0.3, 0.4) is 0 Å². The van der Waals surface area contributed by atoms with Crippen molar-refractivity contribution in [2.75, 3.05) is 5.75 Å². The minimum absolute atomic E-state index is 0.0480. The highest BCUT2D eigenvalue weighted by Crippen LogP contribution is 2.26. The summed E-state index contributed by atoms with van der Waals surface area (Å²) in [6.45, 7) is 2.69. The van der Waals surface area contributed by atoms with Gasteiger partial charge in [0.1, 0.15) is 0 Å². The molecule has 8 heteroatoms. The lowest BCUT2D eigenvalue weighted by Crippen LogP contribution is -2.31. The predicted octanol–water partition coefficient (Wildman–Crippen LogP) is 5.67. The van der Waals surface area contributed by atoms with Crippen molar-refractivity contribution in [3.8, 4) is 5.75 Å². The van der Waals surface area contributed by atoms with Crippen LogP contribution in [0.15, 0.2) is 94.6 Å². The van der Waals surface area contributed by atoms with Gasteiger partial charge in [-0.25, -0.2) is 4.39 Å². The first-order valence-electron chi connectivity index (χ1n) is 10.8. The number of aromatic nitrogens is 2. The molecule has 4 rings (SSSR count). The zero-order valence-electron chi connectivity index (χ0n) is 18.6. The summed E-state index contributed by atoms with van der Waals surface area (Å²) in [6.07, 6.45) is -0.637. The maximum absolute atomic E-state index is 13.8. The summed E-state index contributed by atoms with van der Waals surface area (Å²) in [4.78, 5) is 14.9. The van der Waals surface area contributed by atoms with E-state index in [0.717, 1.165) is 22.9 Å². The molecule has 34 heavy (non-hydrogen) atoms. The number of carbonyl (C=O) groups excluding carboxylic acids is 1. The summed E-state index contributed by atoms with van der Waals surface area (Å²) < 4.78 is 25.1. The Bertz CT molecular complexity index is 1160. The zero-order chi connectivity index (χ0) is 23.8. The highest BCUT2D eigenvalue weighted by atomic mass is 32.2. The monoisotopic (exact) mass is 477 g/mol. The van der Waals surface area contributed by atoms with Crippen molar-refractivity contribution in [1.82, 2.24) is 15.1 Å². The Balaban J connectivity index is 1.38. The van der Waals surface area contributed by atoms with E-state index in [2.05, 4.69) is 10.2 Å². The van der Waals surface area contributed by atoms with Gasteiger partial charge in [-0.15, -0.1) is 10.2 Å². The number of carbonyl (C=O) groups is 1. The molecule has 1 heterocycles. The summed E-state index contributed by atoms with van der Waals surface area (Å²) in [5.74, 6) is -0.0538. The lowest BCUT2D eigenvalue weighted by atomic mass is 10.1. The minimum atomic E-state index is -0.637. The molecule has 174 valence electrons. The molecule has 0 saturated carbocycles. The Morgan fingerprint density at radius 3 is 2.15 bits per heavy atom. The van der Waals surface area contributed by atoms with Crippen LogP contribution in [0.25, 0.3) is 0 Å². The molecule has 1 aromatic heterocycles. The van der Waals surface area contributed by atoms with Gasteiger partial charge in [-0.05, 0) is 30.2 Å². The molecule has 0 radical (unpaired) electrons. The molecule has 0 N–H and O–H groups in total. The summed E-state index contributed by atoms with van der Waals surface area (Å²) in [5, 5.41) is 8.25. The highest BCUT2D eigenvalue weighted by molar-refractivity contribution is 7.99. The van der Waals surface area contributed by atoms with E-state index in [-0.39, 0.29) is 28.5 Å². The second-order valence-electron chi connectivity index (χ2n) is 7.61. The molecule has 0 aliphatic heterocycles. The number of ether oxygens (including phenoxy) is 1. The first-order chi connectivity index (χ1) is 16.6. The van der Waals surface area contributed by atoms with Crippen molar-refractivity contribution in [3.63, 3.8) is 0 Å². The van der Waals surface area contributed by atoms with Gasteiger partial charge in [-0.1, -0.05) is 84.6 Å². The number of benzene rings is 3. The number of thioether (sulfide) groups is 1. The van der Waals surface area contributed by atoms with Crippen LogP contribution < -0.4 is 4.74 Å². The van der Waals surface area contributed by atoms with Crippen LogP contribution >= 0.6 is 11.8 Å². The molecule has 6 nitrogen and oxygen atoms in total.